The van der Waals surface area contributed by atoms with Gasteiger partial charge in [0.15, 0.2) is 0 Å². The SMILES string of the molecule is C=CCN(C(=O)[C@H]1CC(=O)N(c2cccc(C)c2C)C1)C1CCCC1. The van der Waals surface area contributed by atoms with Gasteiger partial charge in [0.2, 0.25) is 11.8 Å². The molecule has 0 aromatic heterocycles. The standard InChI is InChI=1S/C21H28N2O2/c1-4-12-22(18-9-5-6-10-18)21(25)17-13-20(24)23(14-17)19-11-7-8-15(2)16(19)3/h4,7-8,11,17-18H,1,5-6,9-10,12-14H2,2-3H3/t17-/m0/s1. The normalized spacial score (nSPS) is 21.0. The van der Waals surface area contributed by atoms with Gasteiger partial charge >= 0.3 is 0 Å². The van der Waals surface area contributed by atoms with Crippen LogP contribution in [0.3, 0.4) is 0 Å². The Bertz CT molecular complexity index is 676. The second kappa shape index (κ2) is 7.42. The number of benzene rings is 1. The molecule has 0 spiro atoms. The molecular weight excluding hydrogens is 312 g/mol. The molecule has 0 N–H and O–H groups in total. The number of rotatable bonds is 5. The van der Waals surface area contributed by atoms with Crippen LogP contribution in [-0.2, 0) is 9.59 Å². The first kappa shape index (κ1) is 17.7. The summed E-state index contributed by atoms with van der Waals surface area (Å²) in [5.41, 5.74) is 3.22. The van der Waals surface area contributed by atoms with E-state index in [4.69, 9.17) is 0 Å². The number of carbonyl (C=O) groups excluding carboxylic acids is 2. The van der Waals surface area contributed by atoms with Crippen LogP contribution in [0.5, 0.6) is 0 Å². The molecule has 2 amide bonds. The highest BCUT2D eigenvalue weighted by Gasteiger charge is 2.39. The molecule has 4 heteroatoms. The van der Waals surface area contributed by atoms with E-state index >= 15 is 0 Å². The summed E-state index contributed by atoms with van der Waals surface area (Å²) in [5, 5.41) is 0. The van der Waals surface area contributed by atoms with Crippen LogP contribution in [0.2, 0.25) is 0 Å². The zero-order valence-corrected chi connectivity index (χ0v) is 15.3. The monoisotopic (exact) mass is 340 g/mol. The molecule has 1 aliphatic heterocycles. The molecule has 0 bridgehead atoms. The Hall–Kier alpha value is -2.10. The van der Waals surface area contributed by atoms with E-state index in [1.807, 2.05) is 36.9 Å². The van der Waals surface area contributed by atoms with Crippen molar-refractivity contribution in [2.75, 3.05) is 18.0 Å². The van der Waals surface area contributed by atoms with Gasteiger partial charge in [-0.3, -0.25) is 9.59 Å². The molecule has 2 fully saturated rings. The summed E-state index contributed by atoms with van der Waals surface area (Å²) in [7, 11) is 0. The van der Waals surface area contributed by atoms with Gasteiger partial charge in [-0.25, -0.2) is 0 Å². The van der Waals surface area contributed by atoms with Gasteiger partial charge in [0.1, 0.15) is 0 Å². The Morgan fingerprint density at radius 2 is 2.04 bits per heavy atom. The predicted molar refractivity (Wildman–Crippen MR) is 101 cm³/mol. The lowest BCUT2D eigenvalue weighted by Gasteiger charge is -2.30. The fourth-order valence-corrected chi connectivity index (χ4v) is 4.14. The maximum atomic E-state index is 13.1. The number of anilines is 1. The van der Waals surface area contributed by atoms with Crippen molar-refractivity contribution < 1.29 is 9.59 Å². The molecule has 1 aliphatic carbocycles. The van der Waals surface area contributed by atoms with Gasteiger partial charge in [0.25, 0.3) is 0 Å². The molecule has 0 unspecified atom stereocenters. The summed E-state index contributed by atoms with van der Waals surface area (Å²) in [5.74, 6) is -0.0713. The molecule has 25 heavy (non-hydrogen) atoms. The lowest BCUT2D eigenvalue weighted by atomic mass is 10.0. The third-order valence-electron chi connectivity index (χ3n) is 5.72. The molecule has 1 aromatic carbocycles. The molecular formula is C21H28N2O2. The summed E-state index contributed by atoms with van der Waals surface area (Å²) in [4.78, 5) is 29.4. The van der Waals surface area contributed by atoms with Crippen LogP contribution in [0.25, 0.3) is 0 Å². The second-order valence-corrected chi connectivity index (χ2v) is 7.34. The van der Waals surface area contributed by atoms with Crippen LogP contribution < -0.4 is 4.90 Å². The first-order chi connectivity index (χ1) is 12.0. The van der Waals surface area contributed by atoms with E-state index < -0.39 is 0 Å². The quantitative estimate of drug-likeness (QED) is 0.768. The molecule has 1 aromatic rings. The van der Waals surface area contributed by atoms with Crippen LogP contribution in [-0.4, -0.2) is 35.8 Å². The van der Waals surface area contributed by atoms with Crippen LogP contribution in [0, 0.1) is 19.8 Å². The largest absolute Gasteiger partial charge is 0.336 e. The maximum absolute atomic E-state index is 13.1. The number of carbonyl (C=O) groups is 2. The Morgan fingerprint density at radius 1 is 1.32 bits per heavy atom. The fourth-order valence-electron chi connectivity index (χ4n) is 4.14. The first-order valence-corrected chi connectivity index (χ1v) is 9.31. The molecule has 4 nitrogen and oxygen atoms in total. The van der Waals surface area contributed by atoms with Gasteiger partial charge in [-0.05, 0) is 43.9 Å². The minimum atomic E-state index is -0.243. The van der Waals surface area contributed by atoms with Gasteiger partial charge in [-0.15, -0.1) is 6.58 Å². The highest BCUT2D eigenvalue weighted by Crippen LogP contribution is 2.32. The average Bonchev–Trinajstić information content (AvgIpc) is 3.24. The third-order valence-corrected chi connectivity index (χ3v) is 5.72. The number of hydrogen-bond donors (Lipinski definition) is 0. The summed E-state index contributed by atoms with van der Waals surface area (Å²) in [6.07, 6.45) is 6.62. The highest BCUT2D eigenvalue weighted by atomic mass is 16.2. The predicted octanol–water partition coefficient (Wildman–Crippen LogP) is 3.61. The average molecular weight is 340 g/mol. The minimum Gasteiger partial charge on any atom is -0.336 e. The molecule has 0 radical (unpaired) electrons. The van der Waals surface area contributed by atoms with E-state index in [1.165, 1.54) is 18.4 Å². The van der Waals surface area contributed by atoms with Gasteiger partial charge in [0, 0.05) is 31.2 Å². The van der Waals surface area contributed by atoms with Crippen molar-refractivity contribution in [1.82, 2.24) is 4.90 Å². The summed E-state index contributed by atoms with van der Waals surface area (Å²) in [6, 6.07) is 6.32. The molecule has 1 saturated heterocycles. The first-order valence-electron chi connectivity index (χ1n) is 9.31. The Labute approximate surface area is 150 Å². The van der Waals surface area contributed by atoms with E-state index in [9.17, 15) is 9.59 Å². The number of hydrogen-bond acceptors (Lipinski definition) is 2. The van der Waals surface area contributed by atoms with Gasteiger partial charge < -0.3 is 9.80 Å². The van der Waals surface area contributed by atoms with Crippen molar-refractivity contribution in [3.63, 3.8) is 0 Å². The summed E-state index contributed by atoms with van der Waals surface area (Å²) in [6.45, 7) is 8.96. The van der Waals surface area contributed by atoms with E-state index in [1.54, 1.807) is 11.0 Å². The molecule has 1 saturated carbocycles. The topological polar surface area (TPSA) is 40.6 Å². The van der Waals surface area contributed by atoms with Gasteiger partial charge in [0.05, 0.1) is 5.92 Å². The molecule has 134 valence electrons. The Balaban J connectivity index is 1.77. The summed E-state index contributed by atoms with van der Waals surface area (Å²) < 4.78 is 0. The summed E-state index contributed by atoms with van der Waals surface area (Å²) >= 11 is 0. The van der Waals surface area contributed by atoms with Crippen LogP contribution >= 0.6 is 0 Å². The van der Waals surface area contributed by atoms with Crippen molar-refractivity contribution in [3.05, 3.63) is 42.0 Å². The van der Waals surface area contributed by atoms with E-state index in [2.05, 4.69) is 6.58 Å². The van der Waals surface area contributed by atoms with Crippen LogP contribution in [0.1, 0.15) is 43.2 Å². The van der Waals surface area contributed by atoms with Crippen molar-refractivity contribution >= 4 is 17.5 Å². The lowest BCUT2D eigenvalue weighted by Crippen LogP contribution is -2.43. The molecule has 2 aliphatic rings. The highest BCUT2D eigenvalue weighted by molar-refractivity contribution is 6.01. The minimum absolute atomic E-state index is 0.0528. The van der Waals surface area contributed by atoms with Crippen LogP contribution in [0.4, 0.5) is 5.69 Å². The maximum Gasteiger partial charge on any atom is 0.228 e. The second-order valence-electron chi connectivity index (χ2n) is 7.34. The van der Waals surface area contributed by atoms with Gasteiger partial charge in [-0.2, -0.15) is 0 Å². The third kappa shape index (κ3) is 3.48. The molecule has 1 heterocycles. The lowest BCUT2D eigenvalue weighted by molar-refractivity contribution is -0.137. The van der Waals surface area contributed by atoms with Crippen molar-refractivity contribution in [2.45, 2.75) is 52.0 Å². The van der Waals surface area contributed by atoms with Crippen molar-refractivity contribution in [3.8, 4) is 0 Å². The Kier molecular flexibility index (Phi) is 5.26. The molecule has 1 atom stereocenters. The number of nitrogens with zero attached hydrogens (tertiary/aromatic N) is 2. The van der Waals surface area contributed by atoms with E-state index in [0.29, 0.717) is 25.6 Å². The fraction of sp³-hybridized carbons (Fsp3) is 0.524. The zero-order chi connectivity index (χ0) is 18.0. The number of aryl methyl sites for hydroxylation is 1. The van der Waals surface area contributed by atoms with E-state index in [-0.39, 0.29) is 17.7 Å². The number of amides is 2. The van der Waals surface area contributed by atoms with E-state index in [0.717, 1.165) is 24.1 Å². The van der Waals surface area contributed by atoms with Crippen LogP contribution in [0.15, 0.2) is 30.9 Å². The van der Waals surface area contributed by atoms with Crippen molar-refractivity contribution in [2.24, 2.45) is 5.92 Å². The smallest absolute Gasteiger partial charge is 0.228 e. The van der Waals surface area contributed by atoms with Crippen molar-refractivity contribution in [1.29, 1.82) is 0 Å². The van der Waals surface area contributed by atoms with Gasteiger partial charge in [-0.1, -0.05) is 31.1 Å². The molecule has 3 rings (SSSR count). The zero-order valence-electron chi connectivity index (χ0n) is 15.3. The Morgan fingerprint density at radius 3 is 2.72 bits per heavy atom.